The van der Waals surface area contributed by atoms with Crippen molar-refractivity contribution >= 4 is 11.8 Å². The topological polar surface area (TPSA) is 47.3 Å². The lowest BCUT2D eigenvalue weighted by Crippen LogP contribution is -2.44. The number of hydrogen-bond acceptors (Lipinski definition) is 4. The first kappa shape index (κ1) is 12.3. The molecule has 0 aliphatic carbocycles. The molecule has 0 saturated carbocycles. The van der Waals surface area contributed by atoms with Crippen LogP contribution in [-0.2, 0) is 4.74 Å². The molecule has 1 fully saturated rings. The Morgan fingerprint density at radius 2 is 2.21 bits per heavy atom. The summed E-state index contributed by atoms with van der Waals surface area (Å²) in [6.07, 6.45) is 3.55. The summed E-state index contributed by atoms with van der Waals surface area (Å²) >= 11 is 2.00. The average molecular weight is 218 g/mol. The molecule has 0 radical (unpaired) electrons. The molecule has 0 aromatic rings. The molecule has 0 aromatic heterocycles. The van der Waals surface area contributed by atoms with E-state index in [4.69, 9.17) is 10.6 Å². The van der Waals surface area contributed by atoms with Crippen LogP contribution in [0.25, 0.3) is 0 Å². The quantitative estimate of drug-likeness (QED) is 0.402. The molecule has 1 atom stereocenters. The van der Waals surface area contributed by atoms with Crippen molar-refractivity contribution in [3.8, 4) is 0 Å². The van der Waals surface area contributed by atoms with Crippen LogP contribution in [0, 0.1) is 5.92 Å². The van der Waals surface area contributed by atoms with Gasteiger partial charge in [-0.3, -0.25) is 11.3 Å². The van der Waals surface area contributed by atoms with Gasteiger partial charge < -0.3 is 4.74 Å². The summed E-state index contributed by atoms with van der Waals surface area (Å²) in [6, 6.07) is 0.468. The molecule has 14 heavy (non-hydrogen) atoms. The Bertz CT molecular complexity index is 140. The zero-order chi connectivity index (χ0) is 10.2. The van der Waals surface area contributed by atoms with Crippen LogP contribution in [0.4, 0.5) is 0 Å². The van der Waals surface area contributed by atoms with E-state index in [9.17, 15) is 0 Å². The van der Waals surface area contributed by atoms with Gasteiger partial charge in [-0.15, -0.1) is 0 Å². The molecule has 1 heterocycles. The van der Waals surface area contributed by atoms with Gasteiger partial charge in [-0.2, -0.15) is 11.8 Å². The molecule has 3 nitrogen and oxygen atoms in total. The molecule has 84 valence electrons. The molecular weight excluding hydrogens is 196 g/mol. The highest BCUT2D eigenvalue weighted by molar-refractivity contribution is 7.99. The summed E-state index contributed by atoms with van der Waals surface area (Å²) < 4.78 is 5.34. The fourth-order valence-electron chi connectivity index (χ4n) is 1.79. The van der Waals surface area contributed by atoms with Crippen molar-refractivity contribution in [3.63, 3.8) is 0 Å². The monoisotopic (exact) mass is 218 g/mol. The Morgan fingerprint density at radius 3 is 2.79 bits per heavy atom. The van der Waals surface area contributed by atoms with Crippen LogP contribution in [0.2, 0.25) is 0 Å². The van der Waals surface area contributed by atoms with Crippen LogP contribution < -0.4 is 11.3 Å². The van der Waals surface area contributed by atoms with E-state index in [2.05, 4.69) is 12.3 Å². The lowest BCUT2D eigenvalue weighted by atomic mass is 9.93. The van der Waals surface area contributed by atoms with Crippen LogP contribution in [0.3, 0.4) is 0 Å². The number of ether oxygens (including phenoxy) is 1. The fraction of sp³-hybridized carbons (Fsp3) is 1.00. The van der Waals surface area contributed by atoms with Crippen LogP contribution in [0.5, 0.6) is 0 Å². The Hall–Kier alpha value is 0.230. The number of hydrazine groups is 1. The summed E-state index contributed by atoms with van der Waals surface area (Å²) in [5.41, 5.74) is 2.95. The zero-order valence-electron chi connectivity index (χ0n) is 9.00. The van der Waals surface area contributed by atoms with E-state index in [-0.39, 0.29) is 0 Å². The molecular formula is C10H22N2OS. The highest BCUT2D eigenvalue weighted by atomic mass is 32.2. The lowest BCUT2D eigenvalue weighted by molar-refractivity contribution is 0.0566. The van der Waals surface area contributed by atoms with E-state index in [1.807, 2.05) is 11.8 Å². The molecule has 0 spiro atoms. The number of rotatable bonds is 6. The van der Waals surface area contributed by atoms with Gasteiger partial charge in [0.2, 0.25) is 0 Å². The fourth-order valence-corrected chi connectivity index (χ4v) is 2.87. The predicted molar refractivity (Wildman–Crippen MR) is 62.3 cm³/mol. The molecule has 1 saturated heterocycles. The number of nitrogens with one attached hydrogen (secondary N) is 1. The maximum atomic E-state index is 5.58. The van der Waals surface area contributed by atoms with Gasteiger partial charge in [-0.05, 0) is 30.9 Å². The molecule has 0 aromatic carbocycles. The van der Waals surface area contributed by atoms with E-state index in [0.717, 1.165) is 31.8 Å². The average Bonchev–Trinajstić information content (AvgIpc) is 2.26. The molecule has 1 aliphatic rings. The minimum Gasteiger partial charge on any atom is -0.381 e. The van der Waals surface area contributed by atoms with Gasteiger partial charge in [0.25, 0.3) is 0 Å². The van der Waals surface area contributed by atoms with E-state index < -0.39 is 0 Å². The molecule has 3 N–H and O–H groups in total. The predicted octanol–water partition coefficient (Wildman–Crippen LogP) is 1.39. The normalized spacial score (nSPS) is 21.0. The van der Waals surface area contributed by atoms with Gasteiger partial charge >= 0.3 is 0 Å². The Kier molecular flexibility index (Phi) is 6.60. The van der Waals surface area contributed by atoms with Crippen molar-refractivity contribution in [1.29, 1.82) is 0 Å². The smallest absolute Gasteiger partial charge is 0.0469 e. The van der Waals surface area contributed by atoms with Gasteiger partial charge in [0.1, 0.15) is 0 Å². The third-order valence-corrected chi connectivity index (χ3v) is 3.99. The van der Waals surface area contributed by atoms with E-state index in [0.29, 0.717) is 12.0 Å². The van der Waals surface area contributed by atoms with Crippen LogP contribution in [0.1, 0.15) is 26.2 Å². The van der Waals surface area contributed by atoms with E-state index in [1.165, 1.54) is 12.2 Å². The van der Waals surface area contributed by atoms with Crippen LogP contribution in [0.15, 0.2) is 0 Å². The Morgan fingerprint density at radius 1 is 1.50 bits per heavy atom. The van der Waals surface area contributed by atoms with Crippen molar-refractivity contribution in [3.05, 3.63) is 0 Å². The highest BCUT2D eigenvalue weighted by Crippen LogP contribution is 2.21. The summed E-state index contributed by atoms with van der Waals surface area (Å²) in [4.78, 5) is 0. The lowest BCUT2D eigenvalue weighted by Gasteiger charge is -2.29. The van der Waals surface area contributed by atoms with Gasteiger partial charge in [-0.25, -0.2) is 0 Å². The molecule has 1 rings (SSSR count). The maximum Gasteiger partial charge on any atom is 0.0469 e. The van der Waals surface area contributed by atoms with Crippen molar-refractivity contribution in [2.45, 2.75) is 32.2 Å². The molecule has 0 amide bonds. The van der Waals surface area contributed by atoms with Crippen LogP contribution >= 0.6 is 11.8 Å². The summed E-state index contributed by atoms with van der Waals surface area (Å²) in [5.74, 6) is 8.66. The van der Waals surface area contributed by atoms with Crippen molar-refractivity contribution in [2.75, 3.05) is 24.7 Å². The standard InChI is InChI=1S/C10H22N2OS/c1-2-7-14-8-10(12-11)9-3-5-13-6-4-9/h9-10,12H,2-8,11H2,1H3. The van der Waals surface area contributed by atoms with Crippen molar-refractivity contribution < 1.29 is 4.74 Å². The highest BCUT2D eigenvalue weighted by Gasteiger charge is 2.22. The SMILES string of the molecule is CCCSCC(NN)C1CCOCC1. The summed E-state index contributed by atoms with van der Waals surface area (Å²) in [7, 11) is 0. The minimum absolute atomic E-state index is 0.468. The largest absolute Gasteiger partial charge is 0.381 e. The number of nitrogens with two attached hydrogens (primary N) is 1. The number of thioether (sulfide) groups is 1. The second kappa shape index (κ2) is 7.51. The second-order valence-corrected chi connectivity index (χ2v) is 4.95. The van der Waals surface area contributed by atoms with Gasteiger partial charge in [0.05, 0.1) is 0 Å². The van der Waals surface area contributed by atoms with Gasteiger partial charge in [-0.1, -0.05) is 6.92 Å². The third kappa shape index (κ3) is 4.17. The van der Waals surface area contributed by atoms with Gasteiger partial charge in [0.15, 0.2) is 0 Å². The van der Waals surface area contributed by atoms with Crippen LogP contribution in [-0.4, -0.2) is 30.8 Å². The summed E-state index contributed by atoms with van der Waals surface area (Å²) in [5, 5.41) is 0. The van der Waals surface area contributed by atoms with E-state index >= 15 is 0 Å². The second-order valence-electron chi connectivity index (χ2n) is 3.80. The molecule has 1 aliphatic heterocycles. The first-order valence-corrected chi connectivity index (χ1v) is 6.65. The Balaban J connectivity index is 2.21. The first-order chi connectivity index (χ1) is 6.88. The third-order valence-electron chi connectivity index (χ3n) is 2.69. The zero-order valence-corrected chi connectivity index (χ0v) is 9.81. The maximum absolute atomic E-state index is 5.58. The van der Waals surface area contributed by atoms with E-state index in [1.54, 1.807) is 0 Å². The van der Waals surface area contributed by atoms with Gasteiger partial charge in [0, 0.05) is 25.0 Å². The van der Waals surface area contributed by atoms with Crippen molar-refractivity contribution in [1.82, 2.24) is 5.43 Å². The van der Waals surface area contributed by atoms with Crippen molar-refractivity contribution in [2.24, 2.45) is 11.8 Å². The Labute approximate surface area is 91.1 Å². The summed E-state index contributed by atoms with van der Waals surface area (Å²) in [6.45, 7) is 4.02. The molecule has 1 unspecified atom stereocenters. The number of hydrogen-bond donors (Lipinski definition) is 2. The first-order valence-electron chi connectivity index (χ1n) is 5.50. The molecule has 4 heteroatoms. The molecule has 0 bridgehead atoms. The minimum atomic E-state index is 0.468.